The van der Waals surface area contributed by atoms with Gasteiger partial charge in [-0.15, -0.1) is 0 Å². The Bertz CT molecular complexity index is 281. The largest absolute Gasteiger partial charge is 0.473 e. The standard InChI is InChI=1S/3C2H2O4.2Ta/c3*3-1(4)2(5)6;;/h3*(H,3,4)(H,5,6);;. The summed E-state index contributed by atoms with van der Waals surface area (Å²) in [6.45, 7) is 0. The molecule has 0 aliphatic heterocycles. The Hall–Kier alpha value is -1.70. The first-order valence-electron chi connectivity index (χ1n) is 3.32. The third-order valence-corrected chi connectivity index (χ3v) is 0.549. The third kappa shape index (κ3) is 36.0. The van der Waals surface area contributed by atoms with Gasteiger partial charge in [0.15, 0.2) is 0 Å². The predicted molar refractivity (Wildman–Crippen MR) is 45.8 cm³/mol. The fourth-order valence-corrected chi connectivity index (χ4v) is 0. The van der Waals surface area contributed by atoms with Crippen molar-refractivity contribution in [1.82, 2.24) is 0 Å². The van der Waals surface area contributed by atoms with E-state index in [0.29, 0.717) is 0 Å². The van der Waals surface area contributed by atoms with Gasteiger partial charge in [0.25, 0.3) is 0 Å². The van der Waals surface area contributed by atoms with Crippen LogP contribution in [0.1, 0.15) is 0 Å². The summed E-state index contributed by atoms with van der Waals surface area (Å²) < 4.78 is 0. The molecule has 0 saturated heterocycles. The molecule has 0 fully saturated rings. The number of carbonyl (C=O) groups is 6. The molecule has 14 heteroatoms. The number of aliphatic carboxylic acids is 6. The molecule has 0 bridgehead atoms. The van der Waals surface area contributed by atoms with Gasteiger partial charge in [-0.25, -0.2) is 28.8 Å². The molecule has 0 aromatic heterocycles. The van der Waals surface area contributed by atoms with Crippen molar-refractivity contribution >= 4 is 35.8 Å². The Morgan fingerprint density at radius 3 is 0.400 bits per heavy atom. The van der Waals surface area contributed by atoms with Crippen LogP contribution in [0, 0.1) is 0 Å². The maximum absolute atomic E-state index is 9.10. The van der Waals surface area contributed by atoms with Gasteiger partial charge in [-0.2, -0.15) is 0 Å². The van der Waals surface area contributed by atoms with Crippen molar-refractivity contribution in [3.05, 3.63) is 0 Å². The van der Waals surface area contributed by atoms with E-state index in [2.05, 4.69) is 0 Å². The van der Waals surface area contributed by atoms with E-state index in [0.717, 1.165) is 0 Å². The Morgan fingerprint density at radius 1 is 0.350 bits per heavy atom. The quantitative estimate of drug-likeness (QED) is 0.152. The fraction of sp³-hybridized carbons (Fsp3) is 0. The molecule has 0 heterocycles. The van der Waals surface area contributed by atoms with Crippen LogP contribution in [0.2, 0.25) is 0 Å². The summed E-state index contributed by atoms with van der Waals surface area (Å²) in [5.41, 5.74) is 0. The molecule has 0 amide bonds. The van der Waals surface area contributed by atoms with Crippen LogP contribution < -0.4 is 0 Å². The number of carboxylic acid groups (broad SMARTS) is 6. The van der Waals surface area contributed by atoms with Gasteiger partial charge in [0.1, 0.15) is 0 Å². The average molecular weight is 632 g/mol. The molecule has 6 N–H and O–H groups in total. The minimum Gasteiger partial charge on any atom is -0.473 e. The Labute approximate surface area is 140 Å². The zero-order chi connectivity index (χ0) is 15.5. The normalized spacial score (nSPS) is 6.60. The van der Waals surface area contributed by atoms with Crippen molar-refractivity contribution < 1.29 is 104 Å². The van der Waals surface area contributed by atoms with E-state index in [9.17, 15) is 0 Å². The molecule has 112 valence electrons. The summed E-state index contributed by atoms with van der Waals surface area (Å²) in [5.74, 6) is -10.9. The van der Waals surface area contributed by atoms with Crippen LogP contribution in [-0.2, 0) is 73.5 Å². The van der Waals surface area contributed by atoms with Crippen molar-refractivity contribution in [2.75, 3.05) is 0 Å². The Morgan fingerprint density at radius 2 is 0.400 bits per heavy atom. The molecule has 0 aliphatic rings. The summed E-state index contributed by atoms with van der Waals surface area (Å²) in [4.78, 5) is 54.6. The van der Waals surface area contributed by atoms with Gasteiger partial charge >= 0.3 is 35.8 Å². The SMILES string of the molecule is O=C(O)C(=O)O.O=C(O)C(=O)O.O=C(O)C(=O)O.[Ta].[Ta]. The van der Waals surface area contributed by atoms with Crippen LogP contribution in [0.25, 0.3) is 0 Å². The van der Waals surface area contributed by atoms with E-state index in [1.54, 1.807) is 0 Å². The smallest absolute Gasteiger partial charge is 0.414 e. The average Bonchev–Trinajstić information content (AvgIpc) is 2.18. The maximum Gasteiger partial charge on any atom is 0.414 e. The number of carboxylic acids is 6. The molecule has 0 unspecified atom stereocenters. The van der Waals surface area contributed by atoms with E-state index >= 15 is 0 Å². The van der Waals surface area contributed by atoms with Gasteiger partial charge < -0.3 is 30.6 Å². The van der Waals surface area contributed by atoms with Crippen molar-refractivity contribution in [1.29, 1.82) is 0 Å². The van der Waals surface area contributed by atoms with Gasteiger partial charge in [0.05, 0.1) is 0 Å². The molecule has 2 radical (unpaired) electrons. The van der Waals surface area contributed by atoms with Crippen LogP contribution in [0.4, 0.5) is 0 Å². The maximum atomic E-state index is 9.10. The van der Waals surface area contributed by atoms with E-state index in [1.165, 1.54) is 0 Å². The zero-order valence-corrected chi connectivity index (χ0v) is 15.5. The summed E-state index contributed by atoms with van der Waals surface area (Å²) in [6, 6.07) is 0. The second kappa shape index (κ2) is 17.3. The predicted octanol–water partition coefficient (Wildman–Crippen LogP) is -2.54. The first kappa shape index (κ1) is 31.0. The van der Waals surface area contributed by atoms with E-state index in [1.807, 2.05) is 0 Å². The molecule has 0 aliphatic carbocycles. The molecule has 0 rings (SSSR count). The topological polar surface area (TPSA) is 224 Å². The number of hydrogen-bond donors (Lipinski definition) is 6. The minimum absolute atomic E-state index is 0. The van der Waals surface area contributed by atoms with Crippen LogP contribution in [0.15, 0.2) is 0 Å². The van der Waals surface area contributed by atoms with Gasteiger partial charge in [-0.05, 0) is 0 Å². The van der Waals surface area contributed by atoms with E-state index < -0.39 is 35.8 Å². The molecular weight excluding hydrogens is 626 g/mol. The molecular formula is C6H6O12Ta2. The third-order valence-electron chi connectivity index (χ3n) is 0.549. The molecule has 0 aromatic rings. The molecule has 0 saturated carbocycles. The minimum atomic E-state index is -1.82. The van der Waals surface area contributed by atoms with Crippen molar-refractivity contribution in [3.63, 3.8) is 0 Å². The Balaban J connectivity index is -0.0000000536. The first-order chi connectivity index (χ1) is 7.93. The summed E-state index contributed by atoms with van der Waals surface area (Å²) in [6.07, 6.45) is 0. The van der Waals surface area contributed by atoms with Gasteiger partial charge in [-0.3, -0.25) is 0 Å². The number of hydrogen-bond acceptors (Lipinski definition) is 6. The van der Waals surface area contributed by atoms with Crippen LogP contribution in [0.5, 0.6) is 0 Å². The van der Waals surface area contributed by atoms with Crippen LogP contribution >= 0.6 is 0 Å². The van der Waals surface area contributed by atoms with Crippen LogP contribution in [-0.4, -0.2) is 66.5 Å². The zero-order valence-electron chi connectivity index (χ0n) is 9.03. The van der Waals surface area contributed by atoms with Crippen molar-refractivity contribution in [3.8, 4) is 0 Å². The number of rotatable bonds is 0. The van der Waals surface area contributed by atoms with Gasteiger partial charge in [0, 0.05) is 44.8 Å². The fourth-order valence-electron chi connectivity index (χ4n) is 0. The van der Waals surface area contributed by atoms with Crippen molar-refractivity contribution in [2.45, 2.75) is 0 Å². The van der Waals surface area contributed by atoms with Gasteiger partial charge in [0.2, 0.25) is 0 Å². The van der Waals surface area contributed by atoms with E-state index in [-0.39, 0.29) is 44.8 Å². The second-order valence-electron chi connectivity index (χ2n) is 1.83. The second-order valence-corrected chi connectivity index (χ2v) is 1.83. The summed E-state index contributed by atoms with van der Waals surface area (Å²) >= 11 is 0. The molecule has 0 spiro atoms. The van der Waals surface area contributed by atoms with Crippen LogP contribution in [0.3, 0.4) is 0 Å². The molecule has 20 heavy (non-hydrogen) atoms. The first-order valence-corrected chi connectivity index (χ1v) is 3.32. The molecule has 0 aromatic carbocycles. The Kier molecular flexibility index (Phi) is 26.8. The molecule has 12 nitrogen and oxygen atoms in total. The summed E-state index contributed by atoms with van der Waals surface area (Å²) in [5, 5.41) is 44.3. The molecule has 0 atom stereocenters. The van der Waals surface area contributed by atoms with Gasteiger partial charge in [-0.1, -0.05) is 0 Å². The van der Waals surface area contributed by atoms with Crippen molar-refractivity contribution in [2.24, 2.45) is 0 Å². The van der Waals surface area contributed by atoms with E-state index in [4.69, 9.17) is 59.4 Å². The monoisotopic (exact) mass is 632 g/mol. The summed E-state index contributed by atoms with van der Waals surface area (Å²) in [7, 11) is 0.